The van der Waals surface area contributed by atoms with Crippen molar-refractivity contribution in [1.29, 1.82) is 0 Å². The van der Waals surface area contributed by atoms with Gasteiger partial charge >= 0.3 is 0 Å². The Balaban J connectivity index is 2.23. The summed E-state index contributed by atoms with van der Waals surface area (Å²) in [6.07, 6.45) is 1.73. The van der Waals surface area contributed by atoms with Gasteiger partial charge < -0.3 is 15.5 Å². The van der Waals surface area contributed by atoms with E-state index >= 15 is 0 Å². The van der Waals surface area contributed by atoms with Crippen molar-refractivity contribution in [2.45, 2.75) is 0 Å². The van der Waals surface area contributed by atoms with E-state index in [1.807, 2.05) is 4.90 Å². The number of hydrogen-bond acceptors (Lipinski definition) is 4. The van der Waals surface area contributed by atoms with E-state index in [-0.39, 0.29) is 11.8 Å². The van der Waals surface area contributed by atoms with Crippen molar-refractivity contribution in [3.05, 3.63) is 12.7 Å². The van der Waals surface area contributed by atoms with Crippen molar-refractivity contribution in [2.24, 2.45) is 0 Å². The van der Waals surface area contributed by atoms with E-state index in [2.05, 4.69) is 22.1 Å². The van der Waals surface area contributed by atoms with Gasteiger partial charge in [0.2, 0.25) is 11.8 Å². The average Bonchev–Trinajstić information content (AvgIpc) is 2.39. The van der Waals surface area contributed by atoms with E-state index in [1.165, 1.54) is 0 Å². The molecule has 1 aliphatic heterocycles. The standard InChI is InChI=1S/C12H22N4O2/c1-3-4-14-9-12(18)16-7-5-15(6-8-16)10-11(17)13-2/h3,14H,1,4-10H2,2H3,(H,13,17). The first-order chi connectivity index (χ1) is 8.67. The number of amides is 2. The molecule has 6 nitrogen and oxygen atoms in total. The van der Waals surface area contributed by atoms with Gasteiger partial charge in [-0.1, -0.05) is 6.08 Å². The SMILES string of the molecule is C=CCNCC(=O)N1CCN(CC(=O)NC)CC1. The molecule has 0 bridgehead atoms. The van der Waals surface area contributed by atoms with Crippen molar-refractivity contribution >= 4 is 11.8 Å². The van der Waals surface area contributed by atoms with Crippen LogP contribution in [0.4, 0.5) is 0 Å². The number of carbonyl (C=O) groups excluding carboxylic acids is 2. The number of nitrogens with one attached hydrogen (secondary N) is 2. The lowest BCUT2D eigenvalue weighted by Crippen LogP contribution is -2.52. The molecule has 0 aromatic rings. The summed E-state index contributed by atoms with van der Waals surface area (Å²) in [6.45, 7) is 7.86. The second-order valence-electron chi connectivity index (χ2n) is 4.25. The van der Waals surface area contributed by atoms with Gasteiger partial charge in [0.15, 0.2) is 0 Å². The molecule has 0 aromatic heterocycles. The molecule has 0 aromatic carbocycles. The highest BCUT2D eigenvalue weighted by Crippen LogP contribution is 2.01. The third-order valence-corrected chi connectivity index (χ3v) is 2.94. The minimum absolute atomic E-state index is 0.0161. The quantitative estimate of drug-likeness (QED) is 0.454. The molecule has 0 radical (unpaired) electrons. The first-order valence-corrected chi connectivity index (χ1v) is 6.19. The average molecular weight is 254 g/mol. The van der Waals surface area contributed by atoms with Crippen LogP contribution in [0.3, 0.4) is 0 Å². The van der Waals surface area contributed by atoms with Gasteiger partial charge in [-0.25, -0.2) is 0 Å². The molecule has 1 aliphatic rings. The second-order valence-corrected chi connectivity index (χ2v) is 4.25. The van der Waals surface area contributed by atoms with Crippen LogP contribution < -0.4 is 10.6 Å². The van der Waals surface area contributed by atoms with E-state index in [9.17, 15) is 9.59 Å². The third-order valence-electron chi connectivity index (χ3n) is 2.94. The Kier molecular flexibility index (Phi) is 6.38. The predicted octanol–water partition coefficient (Wildman–Crippen LogP) is -1.35. The van der Waals surface area contributed by atoms with E-state index in [1.54, 1.807) is 13.1 Å². The van der Waals surface area contributed by atoms with Gasteiger partial charge in [-0.3, -0.25) is 14.5 Å². The monoisotopic (exact) mass is 254 g/mol. The number of carbonyl (C=O) groups is 2. The van der Waals surface area contributed by atoms with Crippen LogP contribution in [0.1, 0.15) is 0 Å². The van der Waals surface area contributed by atoms with Crippen LogP contribution in [-0.2, 0) is 9.59 Å². The van der Waals surface area contributed by atoms with Crippen LogP contribution in [0, 0.1) is 0 Å². The van der Waals surface area contributed by atoms with Gasteiger partial charge in [0.05, 0.1) is 13.1 Å². The molecule has 2 amide bonds. The number of rotatable bonds is 6. The Bertz CT molecular complexity index is 298. The number of piperazine rings is 1. The summed E-state index contributed by atoms with van der Waals surface area (Å²) < 4.78 is 0. The Morgan fingerprint density at radius 3 is 2.50 bits per heavy atom. The third kappa shape index (κ3) is 4.85. The topological polar surface area (TPSA) is 64.7 Å². The zero-order valence-electron chi connectivity index (χ0n) is 10.9. The smallest absolute Gasteiger partial charge is 0.236 e. The summed E-state index contributed by atoms with van der Waals surface area (Å²) in [5.41, 5.74) is 0. The van der Waals surface area contributed by atoms with Crippen molar-refractivity contribution in [2.75, 3.05) is 52.9 Å². The minimum Gasteiger partial charge on any atom is -0.358 e. The molecule has 1 rings (SSSR count). The Labute approximate surface area is 108 Å². The van der Waals surface area contributed by atoms with Crippen LogP contribution in [0.15, 0.2) is 12.7 Å². The van der Waals surface area contributed by atoms with Crippen LogP contribution in [0.2, 0.25) is 0 Å². The summed E-state index contributed by atoms with van der Waals surface area (Å²) in [4.78, 5) is 26.9. The van der Waals surface area contributed by atoms with Crippen LogP contribution in [0.5, 0.6) is 0 Å². The molecule has 1 fully saturated rings. The molecule has 1 heterocycles. The normalized spacial score (nSPS) is 16.4. The molecule has 2 N–H and O–H groups in total. The Hall–Kier alpha value is -1.40. The van der Waals surface area contributed by atoms with E-state index in [0.29, 0.717) is 32.7 Å². The van der Waals surface area contributed by atoms with Crippen molar-refractivity contribution < 1.29 is 9.59 Å². The predicted molar refractivity (Wildman–Crippen MR) is 70.2 cm³/mol. The fourth-order valence-electron chi connectivity index (χ4n) is 1.83. The van der Waals surface area contributed by atoms with Gasteiger partial charge in [-0.15, -0.1) is 6.58 Å². The Morgan fingerprint density at radius 2 is 1.94 bits per heavy atom. The van der Waals surface area contributed by atoms with Crippen molar-refractivity contribution in [3.63, 3.8) is 0 Å². The van der Waals surface area contributed by atoms with Crippen LogP contribution in [-0.4, -0.2) is 74.5 Å². The largest absolute Gasteiger partial charge is 0.358 e. The maximum atomic E-state index is 11.8. The molecule has 0 unspecified atom stereocenters. The summed E-state index contributed by atoms with van der Waals surface area (Å²) in [6, 6.07) is 0. The highest BCUT2D eigenvalue weighted by atomic mass is 16.2. The molecule has 0 aliphatic carbocycles. The summed E-state index contributed by atoms with van der Waals surface area (Å²) in [7, 11) is 1.63. The highest BCUT2D eigenvalue weighted by Gasteiger charge is 2.21. The van der Waals surface area contributed by atoms with E-state index in [4.69, 9.17) is 0 Å². The molecular formula is C12H22N4O2. The molecule has 0 spiro atoms. The maximum absolute atomic E-state index is 11.8. The van der Waals surface area contributed by atoms with Crippen LogP contribution in [0.25, 0.3) is 0 Å². The maximum Gasteiger partial charge on any atom is 0.236 e. The fourth-order valence-corrected chi connectivity index (χ4v) is 1.83. The van der Waals surface area contributed by atoms with Gasteiger partial charge in [0.1, 0.15) is 0 Å². The molecule has 18 heavy (non-hydrogen) atoms. The highest BCUT2D eigenvalue weighted by molar-refractivity contribution is 5.79. The van der Waals surface area contributed by atoms with Crippen molar-refractivity contribution in [1.82, 2.24) is 20.4 Å². The molecular weight excluding hydrogens is 232 g/mol. The minimum atomic E-state index is 0.0161. The lowest BCUT2D eigenvalue weighted by molar-refractivity contribution is -0.132. The first kappa shape index (κ1) is 14.7. The molecule has 0 atom stereocenters. The van der Waals surface area contributed by atoms with Gasteiger partial charge in [0, 0.05) is 39.8 Å². The second kappa shape index (κ2) is 7.84. The number of likely N-dealkylation sites (N-methyl/N-ethyl adjacent to an activating group) is 1. The van der Waals surface area contributed by atoms with Gasteiger partial charge in [-0.05, 0) is 0 Å². The fraction of sp³-hybridized carbons (Fsp3) is 0.667. The summed E-state index contributed by atoms with van der Waals surface area (Å²) >= 11 is 0. The van der Waals surface area contributed by atoms with Crippen LogP contribution >= 0.6 is 0 Å². The molecule has 6 heteroatoms. The van der Waals surface area contributed by atoms with Gasteiger partial charge in [-0.2, -0.15) is 0 Å². The van der Waals surface area contributed by atoms with Crippen molar-refractivity contribution in [3.8, 4) is 0 Å². The summed E-state index contributed by atoms with van der Waals surface area (Å²) in [5, 5.41) is 5.60. The molecule has 102 valence electrons. The zero-order chi connectivity index (χ0) is 13.4. The number of hydrogen-bond donors (Lipinski definition) is 2. The lowest BCUT2D eigenvalue weighted by Gasteiger charge is -2.34. The molecule has 1 saturated heterocycles. The zero-order valence-corrected chi connectivity index (χ0v) is 10.9. The van der Waals surface area contributed by atoms with Gasteiger partial charge in [0.25, 0.3) is 0 Å². The molecule has 0 saturated carbocycles. The first-order valence-electron chi connectivity index (χ1n) is 6.19. The summed E-state index contributed by atoms with van der Waals surface area (Å²) in [5.74, 6) is 0.124. The Morgan fingerprint density at radius 1 is 1.28 bits per heavy atom. The lowest BCUT2D eigenvalue weighted by atomic mass is 10.3. The van der Waals surface area contributed by atoms with E-state index in [0.717, 1.165) is 13.1 Å². The van der Waals surface area contributed by atoms with E-state index < -0.39 is 0 Å². The number of nitrogens with zero attached hydrogens (tertiary/aromatic N) is 2.